The highest BCUT2D eigenvalue weighted by molar-refractivity contribution is 5.92. The molecule has 6 aromatic heterocycles. The van der Waals surface area contributed by atoms with Gasteiger partial charge in [0.2, 0.25) is 11.6 Å². The quantitative estimate of drug-likeness (QED) is 0.124. The Morgan fingerprint density at radius 3 is 1.92 bits per heavy atom. The van der Waals surface area contributed by atoms with Crippen LogP contribution in [0.2, 0.25) is 0 Å². The summed E-state index contributed by atoms with van der Waals surface area (Å²) in [5.74, 6) is 0.836. The lowest BCUT2D eigenvalue weighted by Crippen LogP contribution is -2.50. The summed E-state index contributed by atoms with van der Waals surface area (Å²) in [6.07, 6.45) is 14.4. The summed E-state index contributed by atoms with van der Waals surface area (Å²) in [5, 5.41) is 20.1. The van der Waals surface area contributed by atoms with Crippen LogP contribution in [0.15, 0.2) is 97.8 Å². The minimum atomic E-state index is -0.715. The van der Waals surface area contributed by atoms with E-state index in [2.05, 4.69) is 40.5 Å². The molecule has 2 fully saturated rings. The van der Waals surface area contributed by atoms with Gasteiger partial charge in [-0.2, -0.15) is 0 Å². The van der Waals surface area contributed by atoms with Gasteiger partial charge in [-0.05, 0) is 113 Å². The first-order valence-corrected chi connectivity index (χ1v) is 19.5. The zero-order valence-electron chi connectivity index (χ0n) is 33.4. The molecule has 60 heavy (non-hydrogen) atoms. The molecule has 3 N–H and O–H groups in total. The molecule has 0 atom stereocenters. The number of hydrogen-bond donors (Lipinski definition) is 2. The van der Waals surface area contributed by atoms with Crippen LogP contribution in [0.4, 0.5) is 30.9 Å². The number of hydrogen-bond acceptors (Lipinski definition) is 10. The number of amides is 2. The third-order valence-corrected chi connectivity index (χ3v) is 10.7. The lowest BCUT2D eigenvalue weighted by molar-refractivity contribution is 0.0557. The van der Waals surface area contributed by atoms with Crippen LogP contribution in [0.25, 0.3) is 16.5 Å². The molecule has 0 radical (unpaired) electrons. The van der Waals surface area contributed by atoms with E-state index in [0.29, 0.717) is 65.3 Å². The molecule has 0 saturated heterocycles. The third-order valence-electron chi connectivity index (χ3n) is 10.7. The van der Waals surface area contributed by atoms with Gasteiger partial charge < -0.3 is 24.9 Å². The van der Waals surface area contributed by atoms with Crippen molar-refractivity contribution in [3.63, 3.8) is 0 Å². The zero-order chi connectivity index (χ0) is 42.5. The number of aromatic nitrogens is 8. The van der Waals surface area contributed by atoms with Crippen LogP contribution in [0.1, 0.15) is 81.0 Å². The maximum atomic E-state index is 14.7. The standard InChI is InChI=1S/C24H25FN6O2.C19H19FN6O/c1-23(2,3)33-22(32)31(16-24(11-6-12-24)21-18(25)7-5-13-27-21)20-9-8-19(28-29-20)30-14-10-17(15-30)26-4;20-14-3-1-9-22-17(14)19(7-2-8-19)12-23-15-4-5-16(25-24-15)26-10-6-13(11-26)18(21)27/h5,7-10,13-15H,6,11-12,16H2,1-3H3;1,3-6,9-11H,2,7-8,12H2,(H2,21,27)(H,23,24). The highest BCUT2D eigenvalue weighted by Crippen LogP contribution is 2.45. The Bertz CT molecular complexity index is 2500. The van der Waals surface area contributed by atoms with Gasteiger partial charge in [0.25, 0.3) is 0 Å². The summed E-state index contributed by atoms with van der Waals surface area (Å²) in [4.78, 5) is 37.7. The molecule has 15 nitrogen and oxygen atoms in total. The number of pyridine rings is 2. The lowest BCUT2D eigenvalue weighted by Gasteiger charge is -2.44. The van der Waals surface area contributed by atoms with Crippen molar-refractivity contribution < 1.29 is 23.1 Å². The molecule has 0 aliphatic heterocycles. The Labute approximate surface area is 345 Å². The molecule has 2 amide bonds. The number of nitrogens with two attached hydrogens (primary N) is 1. The van der Waals surface area contributed by atoms with E-state index < -0.39 is 23.0 Å². The van der Waals surface area contributed by atoms with E-state index in [1.165, 1.54) is 17.0 Å². The third kappa shape index (κ3) is 8.97. The van der Waals surface area contributed by atoms with Crippen molar-refractivity contribution in [2.45, 2.75) is 75.7 Å². The fraction of sp³-hybridized carbons (Fsp3) is 0.326. The van der Waals surface area contributed by atoms with Crippen molar-refractivity contribution in [1.29, 1.82) is 0 Å². The number of anilines is 2. The fourth-order valence-corrected chi connectivity index (χ4v) is 7.28. The summed E-state index contributed by atoms with van der Waals surface area (Å²) < 4.78 is 37.8. The van der Waals surface area contributed by atoms with E-state index in [4.69, 9.17) is 17.0 Å². The highest BCUT2D eigenvalue weighted by atomic mass is 19.1. The Balaban J connectivity index is 0.000000185. The van der Waals surface area contributed by atoms with Crippen LogP contribution >= 0.6 is 0 Å². The van der Waals surface area contributed by atoms with Gasteiger partial charge in [0.1, 0.15) is 23.1 Å². The number of nitrogens with zero attached hydrogens (tertiary/aromatic N) is 10. The average Bonchev–Trinajstić information content (AvgIpc) is 3.90. The minimum absolute atomic E-state index is 0.176. The summed E-state index contributed by atoms with van der Waals surface area (Å²) >= 11 is 0. The predicted octanol–water partition coefficient (Wildman–Crippen LogP) is 7.65. The van der Waals surface area contributed by atoms with E-state index in [9.17, 15) is 18.4 Å². The SMILES string of the molecule is NC(=O)c1ccn(-c2ccc(NCC3(c4ncccc4F)CCC3)nn2)c1.[C-]#[N+]c1ccn(-c2ccc(N(CC3(c4ncccc4F)CCC3)C(=O)OC(C)(C)C)nn2)c1. The van der Waals surface area contributed by atoms with Gasteiger partial charge in [0.15, 0.2) is 17.5 Å². The second-order valence-electron chi connectivity index (χ2n) is 15.9. The van der Waals surface area contributed by atoms with Gasteiger partial charge in [0.05, 0.1) is 23.5 Å². The predicted molar refractivity (Wildman–Crippen MR) is 219 cm³/mol. The molecular weight excluding hydrogens is 771 g/mol. The average molecular weight is 815 g/mol. The molecule has 308 valence electrons. The number of carbonyl (C=O) groups is 2. The second kappa shape index (κ2) is 17.0. The van der Waals surface area contributed by atoms with E-state index in [1.54, 1.807) is 116 Å². The zero-order valence-corrected chi connectivity index (χ0v) is 33.4. The Kier molecular flexibility index (Phi) is 11.7. The van der Waals surface area contributed by atoms with Crippen molar-refractivity contribution in [1.82, 2.24) is 39.5 Å². The molecule has 2 aliphatic rings. The molecule has 0 bridgehead atoms. The maximum Gasteiger partial charge on any atom is 0.416 e. The van der Waals surface area contributed by atoms with Gasteiger partial charge in [-0.15, -0.1) is 20.4 Å². The molecular formula is C43H44F2N12O3. The van der Waals surface area contributed by atoms with Crippen molar-refractivity contribution in [2.75, 3.05) is 23.3 Å². The summed E-state index contributed by atoms with van der Waals surface area (Å²) in [6.45, 7) is 13.2. The van der Waals surface area contributed by atoms with Crippen LogP contribution < -0.4 is 16.0 Å². The van der Waals surface area contributed by atoms with Gasteiger partial charge in [0, 0.05) is 54.9 Å². The van der Waals surface area contributed by atoms with Gasteiger partial charge in [-0.3, -0.25) is 19.7 Å². The van der Waals surface area contributed by atoms with Crippen LogP contribution in [0.3, 0.4) is 0 Å². The molecule has 2 saturated carbocycles. The molecule has 0 unspecified atom stereocenters. The fourth-order valence-electron chi connectivity index (χ4n) is 7.28. The number of halogens is 2. The van der Waals surface area contributed by atoms with Gasteiger partial charge in [-0.1, -0.05) is 12.8 Å². The first-order chi connectivity index (χ1) is 28.8. The Morgan fingerprint density at radius 2 is 1.43 bits per heavy atom. The van der Waals surface area contributed by atoms with Crippen molar-refractivity contribution in [2.24, 2.45) is 5.73 Å². The number of nitrogens with one attached hydrogen (secondary N) is 1. The van der Waals surface area contributed by atoms with Crippen LogP contribution in [0, 0.1) is 18.2 Å². The van der Waals surface area contributed by atoms with Crippen molar-refractivity contribution in [3.05, 3.63) is 138 Å². The van der Waals surface area contributed by atoms with Crippen molar-refractivity contribution >= 4 is 29.3 Å². The largest absolute Gasteiger partial charge is 0.443 e. The van der Waals surface area contributed by atoms with E-state index in [0.717, 1.165) is 25.7 Å². The topological polar surface area (TPSA) is 176 Å². The Morgan fingerprint density at radius 1 is 0.833 bits per heavy atom. The monoisotopic (exact) mass is 814 g/mol. The van der Waals surface area contributed by atoms with Crippen LogP contribution in [-0.4, -0.2) is 70.2 Å². The van der Waals surface area contributed by atoms with Crippen LogP contribution in [0.5, 0.6) is 0 Å². The number of ether oxygens (including phenoxy) is 1. The van der Waals surface area contributed by atoms with Crippen LogP contribution in [-0.2, 0) is 15.6 Å². The van der Waals surface area contributed by atoms with Gasteiger partial charge >= 0.3 is 6.09 Å². The first-order valence-electron chi connectivity index (χ1n) is 19.5. The Hall–Kier alpha value is -7.09. The number of rotatable bonds is 11. The minimum Gasteiger partial charge on any atom is -0.443 e. The number of carbonyl (C=O) groups excluding carboxylic acids is 2. The van der Waals surface area contributed by atoms with E-state index >= 15 is 0 Å². The molecule has 6 heterocycles. The smallest absolute Gasteiger partial charge is 0.416 e. The normalized spacial score (nSPS) is 14.9. The molecule has 6 aromatic rings. The van der Waals surface area contributed by atoms with E-state index in [-0.39, 0.29) is 23.6 Å². The molecule has 17 heteroatoms. The van der Waals surface area contributed by atoms with E-state index in [1.807, 2.05) is 0 Å². The highest BCUT2D eigenvalue weighted by Gasteiger charge is 2.45. The van der Waals surface area contributed by atoms with Crippen molar-refractivity contribution in [3.8, 4) is 11.6 Å². The summed E-state index contributed by atoms with van der Waals surface area (Å²) in [7, 11) is 0. The summed E-state index contributed by atoms with van der Waals surface area (Å²) in [6, 6.07) is 16.3. The second-order valence-corrected chi connectivity index (χ2v) is 15.9. The summed E-state index contributed by atoms with van der Waals surface area (Å²) in [5.41, 5.74) is 5.38. The maximum absolute atomic E-state index is 14.7. The molecule has 2 aliphatic carbocycles. The molecule has 8 rings (SSSR count). The first kappa shape index (κ1) is 41.1. The number of primary amides is 1. The van der Waals surface area contributed by atoms with Gasteiger partial charge in [-0.25, -0.2) is 18.4 Å². The lowest BCUT2D eigenvalue weighted by atomic mass is 9.66. The molecule has 0 spiro atoms. The molecule has 0 aromatic carbocycles.